The molecule has 2 N–H and O–H groups in total. The van der Waals surface area contributed by atoms with E-state index in [1.807, 2.05) is 12.1 Å². The average Bonchev–Trinajstić information content (AvgIpc) is 2.87. The molecule has 3 aromatic carbocycles. The summed E-state index contributed by atoms with van der Waals surface area (Å²) in [6.07, 6.45) is 1.43. The van der Waals surface area contributed by atoms with Crippen LogP contribution in [0.3, 0.4) is 0 Å². The Labute approximate surface area is 205 Å². The highest BCUT2D eigenvalue weighted by atomic mass is 16.5. The summed E-state index contributed by atoms with van der Waals surface area (Å²) in [6, 6.07) is 17.0. The van der Waals surface area contributed by atoms with Gasteiger partial charge < -0.3 is 19.9 Å². The van der Waals surface area contributed by atoms with Crippen LogP contribution in [0.2, 0.25) is 0 Å². The highest BCUT2D eigenvalue weighted by Crippen LogP contribution is 2.41. The lowest BCUT2D eigenvalue weighted by atomic mass is 9.90. The van der Waals surface area contributed by atoms with Gasteiger partial charge in [0.1, 0.15) is 0 Å². The van der Waals surface area contributed by atoms with Crippen LogP contribution in [0.4, 0.5) is 10.5 Å². The van der Waals surface area contributed by atoms with Crippen molar-refractivity contribution in [1.29, 1.82) is 0 Å². The Bertz CT molecular complexity index is 1290. The predicted molar refractivity (Wildman–Crippen MR) is 137 cm³/mol. The number of nitrogens with one attached hydrogen (secondary N) is 1. The first-order valence-corrected chi connectivity index (χ1v) is 11.6. The van der Waals surface area contributed by atoms with Crippen LogP contribution in [-0.4, -0.2) is 43.8 Å². The molecule has 0 fully saturated rings. The van der Waals surface area contributed by atoms with E-state index in [9.17, 15) is 14.7 Å². The number of ether oxygens (including phenoxy) is 2. The Morgan fingerprint density at radius 2 is 1.80 bits per heavy atom. The number of carbonyl (C=O) groups is 2. The lowest BCUT2D eigenvalue weighted by molar-refractivity contribution is 0.102. The van der Waals surface area contributed by atoms with E-state index in [1.165, 1.54) is 47.6 Å². The van der Waals surface area contributed by atoms with E-state index in [0.717, 1.165) is 6.42 Å². The highest BCUT2D eigenvalue weighted by molar-refractivity contribution is 6.18. The number of hydrogen-bond donors (Lipinski definition) is 2. The Morgan fingerprint density at radius 1 is 1.11 bits per heavy atom. The number of ketones is 1. The van der Waals surface area contributed by atoms with Gasteiger partial charge in [-0.2, -0.15) is 0 Å². The van der Waals surface area contributed by atoms with Crippen LogP contribution >= 0.6 is 0 Å². The van der Waals surface area contributed by atoms with E-state index < -0.39 is 12.1 Å². The minimum absolute atomic E-state index is 0.221. The van der Waals surface area contributed by atoms with E-state index in [1.54, 1.807) is 13.1 Å². The number of rotatable bonds is 7. The SMILES string of the molecule is CCC(CNC=C1C(=O)c2cc(OC)c(OC)cc2N(C(=O)O)C1C)c1cccc2ccccc12. The molecule has 0 saturated heterocycles. The summed E-state index contributed by atoms with van der Waals surface area (Å²) < 4.78 is 10.7. The normalized spacial score (nSPS) is 17.3. The molecule has 1 aliphatic heterocycles. The Balaban J connectivity index is 1.65. The van der Waals surface area contributed by atoms with Gasteiger partial charge >= 0.3 is 6.09 Å². The molecule has 35 heavy (non-hydrogen) atoms. The molecule has 7 heteroatoms. The molecule has 2 unspecified atom stereocenters. The number of hydrogen-bond acceptors (Lipinski definition) is 5. The largest absolute Gasteiger partial charge is 0.493 e. The summed E-state index contributed by atoms with van der Waals surface area (Å²) in [4.78, 5) is 26.8. The summed E-state index contributed by atoms with van der Waals surface area (Å²) in [5.41, 5.74) is 2.16. The maximum absolute atomic E-state index is 13.4. The molecular weight excluding hydrogens is 444 g/mol. The molecule has 1 amide bonds. The third-order valence-electron chi connectivity index (χ3n) is 6.69. The van der Waals surface area contributed by atoms with Gasteiger partial charge in [0.15, 0.2) is 17.3 Å². The van der Waals surface area contributed by atoms with Crippen molar-refractivity contribution < 1.29 is 24.2 Å². The number of fused-ring (bicyclic) bond motifs is 2. The zero-order valence-electron chi connectivity index (χ0n) is 20.4. The molecule has 4 rings (SSSR count). The summed E-state index contributed by atoms with van der Waals surface area (Å²) in [6.45, 7) is 4.46. The topological polar surface area (TPSA) is 88.1 Å². The van der Waals surface area contributed by atoms with Gasteiger partial charge in [0.25, 0.3) is 0 Å². The Kier molecular flexibility index (Phi) is 6.96. The molecule has 0 aliphatic carbocycles. The molecule has 2 atom stereocenters. The third-order valence-corrected chi connectivity index (χ3v) is 6.69. The number of amides is 1. The van der Waals surface area contributed by atoms with Gasteiger partial charge in [-0.3, -0.25) is 9.69 Å². The van der Waals surface area contributed by atoms with Crippen molar-refractivity contribution >= 4 is 28.3 Å². The fraction of sp³-hybridized carbons (Fsp3) is 0.286. The fourth-order valence-corrected chi connectivity index (χ4v) is 4.79. The highest BCUT2D eigenvalue weighted by Gasteiger charge is 2.38. The predicted octanol–water partition coefficient (Wildman–Crippen LogP) is 5.59. The second-order valence-electron chi connectivity index (χ2n) is 8.56. The summed E-state index contributed by atoms with van der Waals surface area (Å²) in [5, 5.41) is 15.7. The van der Waals surface area contributed by atoms with Gasteiger partial charge in [0, 0.05) is 30.3 Å². The van der Waals surface area contributed by atoms with Crippen LogP contribution in [0.5, 0.6) is 11.5 Å². The second kappa shape index (κ2) is 10.1. The van der Waals surface area contributed by atoms with Crippen LogP contribution in [-0.2, 0) is 0 Å². The molecule has 0 saturated carbocycles. The lowest BCUT2D eigenvalue weighted by Crippen LogP contribution is -2.45. The number of benzene rings is 3. The molecular formula is C28H30N2O5. The van der Waals surface area contributed by atoms with Gasteiger partial charge in [-0.05, 0) is 35.7 Å². The van der Waals surface area contributed by atoms with E-state index in [4.69, 9.17) is 9.47 Å². The Hall–Kier alpha value is -4.00. The first-order valence-electron chi connectivity index (χ1n) is 11.6. The molecule has 0 aromatic heterocycles. The number of Topliss-reactive ketones (excluding diaryl/α,β-unsaturated/α-hetero) is 1. The Morgan fingerprint density at radius 3 is 2.49 bits per heavy atom. The van der Waals surface area contributed by atoms with Crippen molar-refractivity contribution in [3.05, 3.63) is 77.5 Å². The van der Waals surface area contributed by atoms with Gasteiger partial charge in [-0.25, -0.2) is 4.79 Å². The van der Waals surface area contributed by atoms with Crippen molar-refractivity contribution in [1.82, 2.24) is 5.32 Å². The quantitative estimate of drug-likeness (QED) is 0.434. The summed E-state index contributed by atoms with van der Waals surface area (Å²) >= 11 is 0. The molecule has 0 radical (unpaired) electrons. The average molecular weight is 475 g/mol. The molecule has 3 aromatic rings. The molecule has 1 heterocycles. The van der Waals surface area contributed by atoms with Crippen molar-refractivity contribution in [3.8, 4) is 11.5 Å². The third kappa shape index (κ3) is 4.41. The molecule has 1 aliphatic rings. The van der Waals surface area contributed by atoms with Gasteiger partial charge in [-0.15, -0.1) is 0 Å². The van der Waals surface area contributed by atoms with Crippen LogP contribution < -0.4 is 19.7 Å². The summed E-state index contributed by atoms with van der Waals surface area (Å²) in [7, 11) is 2.95. The molecule has 182 valence electrons. The first-order chi connectivity index (χ1) is 16.9. The zero-order valence-corrected chi connectivity index (χ0v) is 20.4. The van der Waals surface area contributed by atoms with E-state index in [-0.39, 0.29) is 23.0 Å². The van der Waals surface area contributed by atoms with Crippen molar-refractivity contribution in [2.24, 2.45) is 0 Å². The standard InChI is InChI=1S/C28H30N2O5/c1-5-18(20-12-8-10-19-9-6-7-11-21(19)20)15-29-16-23-17(2)30(28(32)33)24-14-26(35-4)25(34-3)13-22(24)27(23)31/h6-14,16-18,29H,5,15H2,1-4H3,(H,32,33). The zero-order chi connectivity index (χ0) is 25.1. The number of methoxy groups -OCH3 is 2. The van der Waals surface area contributed by atoms with E-state index >= 15 is 0 Å². The monoisotopic (exact) mass is 474 g/mol. The van der Waals surface area contributed by atoms with Crippen molar-refractivity contribution in [3.63, 3.8) is 0 Å². The van der Waals surface area contributed by atoms with Crippen molar-refractivity contribution in [2.45, 2.75) is 32.2 Å². The van der Waals surface area contributed by atoms with E-state index in [0.29, 0.717) is 23.6 Å². The minimum atomic E-state index is -1.15. The van der Waals surface area contributed by atoms with Crippen molar-refractivity contribution in [2.75, 3.05) is 25.7 Å². The lowest BCUT2D eigenvalue weighted by Gasteiger charge is -2.34. The smallest absolute Gasteiger partial charge is 0.412 e. The van der Waals surface area contributed by atoms with Crippen LogP contribution in [0, 0.1) is 0 Å². The number of nitrogens with zero attached hydrogens (tertiary/aromatic N) is 1. The van der Waals surface area contributed by atoms with Gasteiger partial charge in [0.2, 0.25) is 0 Å². The van der Waals surface area contributed by atoms with Gasteiger partial charge in [-0.1, -0.05) is 49.4 Å². The maximum Gasteiger partial charge on any atom is 0.412 e. The molecule has 7 nitrogen and oxygen atoms in total. The summed E-state index contributed by atoms with van der Waals surface area (Å²) in [5.74, 6) is 0.716. The molecule has 0 bridgehead atoms. The number of carboxylic acid groups (broad SMARTS) is 1. The number of anilines is 1. The van der Waals surface area contributed by atoms with Crippen LogP contribution in [0.15, 0.2) is 66.4 Å². The van der Waals surface area contributed by atoms with Crippen LogP contribution in [0.25, 0.3) is 10.8 Å². The van der Waals surface area contributed by atoms with Gasteiger partial charge in [0.05, 0.1) is 31.5 Å². The number of carbonyl (C=O) groups excluding carboxylic acids is 1. The van der Waals surface area contributed by atoms with Crippen LogP contribution in [0.1, 0.15) is 42.1 Å². The first kappa shape index (κ1) is 24.1. The fourth-order valence-electron chi connectivity index (χ4n) is 4.79. The van der Waals surface area contributed by atoms with E-state index in [2.05, 4.69) is 42.6 Å². The molecule has 0 spiro atoms. The second-order valence-corrected chi connectivity index (χ2v) is 8.56. The minimum Gasteiger partial charge on any atom is -0.493 e. The maximum atomic E-state index is 13.4.